The topological polar surface area (TPSA) is 144 Å². The molecule has 2 amide bonds. The van der Waals surface area contributed by atoms with E-state index in [4.69, 9.17) is 25.8 Å². The van der Waals surface area contributed by atoms with E-state index >= 15 is 4.39 Å². The Hall–Kier alpha value is -4.49. The number of methoxy groups -OCH3 is 2. The second-order valence-electron chi connectivity index (χ2n) is 8.48. The minimum Gasteiger partial charge on any atom is -0.495 e. The van der Waals surface area contributed by atoms with Gasteiger partial charge >= 0.3 is 6.09 Å². The van der Waals surface area contributed by atoms with Crippen molar-refractivity contribution in [2.45, 2.75) is 6.54 Å². The number of halogens is 2. The van der Waals surface area contributed by atoms with Crippen LogP contribution in [0.15, 0.2) is 36.8 Å². The van der Waals surface area contributed by atoms with Gasteiger partial charge in [0.2, 0.25) is 11.9 Å². The maximum absolute atomic E-state index is 15.3. The van der Waals surface area contributed by atoms with E-state index in [1.165, 1.54) is 44.8 Å². The van der Waals surface area contributed by atoms with E-state index in [0.717, 1.165) is 0 Å². The fourth-order valence-electron chi connectivity index (χ4n) is 4.23. The lowest BCUT2D eigenvalue weighted by Gasteiger charge is -2.25. The quantitative estimate of drug-likeness (QED) is 0.312. The summed E-state index contributed by atoms with van der Waals surface area (Å²) in [5.74, 6) is -0.356. The first-order valence-electron chi connectivity index (χ1n) is 11.7. The predicted molar refractivity (Wildman–Crippen MR) is 140 cm³/mol. The average molecular weight is 556 g/mol. The molecule has 14 heteroatoms. The first kappa shape index (κ1) is 26.1. The highest BCUT2D eigenvalue weighted by Crippen LogP contribution is 2.44. The summed E-state index contributed by atoms with van der Waals surface area (Å²) < 4.78 is 31.3. The van der Waals surface area contributed by atoms with Crippen LogP contribution in [-0.2, 0) is 11.3 Å². The van der Waals surface area contributed by atoms with Crippen molar-refractivity contribution in [1.82, 2.24) is 30.2 Å². The minimum absolute atomic E-state index is 0.00340. The van der Waals surface area contributed by atoms with Crippen LogP contribution in [0.2, 0.25) is 5.02 Å². The number of rotatable bonds is 7. The number of aromatic amines is 1. The molecular formula is C25H23ClFN7O5. The Morgan fingerprint density at radius 2 is 1.90 bits per heavy atom. The van der Waals surface area contributed by atoms with Gasteiger partial charge in [-0.05, 0) is 12.1 Å². The molecule has 0 atom stereocenters. The van der Waals surface area contributed by atoms with Crippen LogP contribution in [0.5, 0.6) is 17.2 Å². The van der Waals surface area contributed by atoms with Gasteiger partial charge in [0.05, 0.1) is 37.7 Å². The Morgan fingerprint density at radius 3 is 2.64 bits per heavy atom. The van der Waals surface area contributed by atoms with Crippen LogP contribution in [0.1, 0.15) is 5.69 Å². The first-order chi connectivity index (χ1) is 18.9. The normalized spacial score (nSPS) is 13.7. The third kappa shape index (κ3) is 5.40. The molecule has 1 aliphatic rings. The molecule has 1 aliphatic heterocycles. The van der Waals surface area contributed by atoms with E-state index in [0.29, 0.717) is 30.9 Å². The maximum Gasteiger partial charge on any atom is 0.419 e. The lowest BCUT2D eigenvalue weighted by Crippen LogP contribution is -2.47. The number of anilines is 1. The summed E-state index contributed by atoms with van der Waals surface area (Å²) in [5.41, 5.74) is 1.46. The standard InChI is InChI=1S/C25H23ClFN7O5/c1-37-16-9-17(38-2)21(27)19(20(16)26)14-3-4-15(23-22(14)29-5-6-30-23)39-25(36)33-24-31-10-13(32-24)11-34-8-7-28-18(35)12-34/h3-6,9-10H,7-8,11-12H2,1-2H3,(H,28,35)(H2,31,32,33,36). The van der Waals surface area contributed by atoms with Gasteiger partial charge in [-0.15, -0.1) is 0 Å². The number of carbonyl (C=O) groups is 2. The zero-order valence-corrected chi connectivity index (χ0v) is 21.6. The number of ether oxygens (including phenoxy) is 3. The van der Waals surface area contributed by atoms with Gasteiger partial charge in [0.15, 0.2) is 17.3 Å². The Kier molecular flexibility index (Phi) is 7.43. The molecule has 3 heterocycles. The van der Waals surface area contributed by atoms with Crippen molar-refractivity contribution in [3.8, 4) is 28.4 Å². The van der Waals surface area contributed by atoms with Crippen molar-refractivity contribution in [3.63, 3.8) is 0 Å². The summed E-state index contributed by atoms with van der Waals surface area (Å²) in [6.45, 7) is 2.03. The molecule has 5 rings (SSSR count). The first-order valence-corrected chi connectivity index (χ1v) is 12.1. The van der Waals surface area contributed by atoms with E-state index < -0.39 is 11.9 Å². The van der Waals surface area contributed by atoms with Crippen molar-refractivity contribution in [2.24, 2.45) is 0 Å². The summed E-state index contributed by atoms with van der Waals surface area (Å²) in [6, 6.07) is 4.32. The number of carbonyl (C=O) groups excluding carboxylic acids is 2. The summed E-state index contributed by atoms with van der Waals surface area (Å²) in [6.07, 6.45) is 3.58. The number of piperazine rings is 1. The van der Waals surface area contributed by atoms with E-state index in [2.05, 4.69) is 30.6 Å². The van der Waals surface area contributed by atoms with Crippen LogP contribution in [0.25, 0.3) is 22.2 Å². The molecule has 0 aliphatic carbocycles. The van der Waals surface area contributed by atoms with Crippen LogP contribution in [0.4, 0.5) is 15.1 Å². The SMILES string of the molecule is COc1cc(OC)c(Cl)c(-c2ccc(OC(=O)Nc3ncc(CN4CCNC(=O)C4)[nH]3)c3nccnc23)c1F. The summed E-state index contributed by atoms with van der Waals surface area (Å²) in [7, 11) is 2.74. The van der Waals surface area contributed by atoms with Crippen LogP contribution < -0.4 is 24.8 Å². The van der Waals surface area contributed by atoms with E-state index in [1.807, 2.05) is 4.90 Å². The minimum atomic E-state index is -0.833. The van der Waals surface area contributed by atoms with Crippen molar-refractivity contribution < 1.29 is 28.2 Å². The van der Waals surface area contributed by atoms with Crippen molar-refractivity contribution in [3.05, 3.63) is 53.3 Å². The van der Waals surface area contributed by atoms with Gasteiger partial charge in [-0.1, -0.05) is 11.6 Å². The van der Waals surface area contributed by atoms with E-state index in [-0.39, 0.29) is 57.3 Å². The Labute approximate surface area is 226 Å². The zero-order chi connectivity index (χ0) is 27.5. The monoisotopic (exact) mass is 555 g/mol. The maximum atomic E-state index is 15.3. The third-order valence-corrected chi connectivity index (χ3v) is 6.37. The van der Waals surface area contributed by atoms with E-state index in [9.17, 15) is 9.59 Å². The smallest absolute Gasteiger partial charge is 0.419 e. The lowest BCUT2D eigenvalue weighted by atomic mass is 10.0. The van der Waals surface area contributed by atoms with Crippen LogP contribution in [-0.4, -0.2) is 70.7 Å². The second-order valence-corrected chi connectivity index (χ2v) is 8.86. The van der Waals surface area contributed by atoms with Crippen molar-refractivity contribution in [1.29, 1.82) is 0 Å². The molecule has 39 heavy (non-hydrogen) atoms. The molecule has 0 unspecified atom stereocenters. The molecular weight excluding hydrogens is 533 g/mol. The fraction of sp³-hybridized carbons (Fsp3) is 0.240. The molecule has 0 spiro atoms. The van der Waals surface area contributed by atoms with Gasteiger partial charge in [-0.25, -0.2) is 19.2 Å². The number of amides is 2. The fourth-order valence-corrected chi connectivity index (χ4v) is 4.55. The van der Waals surface area contributed by atoms with Gasteiger partial charge in [-0.3, -0.25) is 20.0 Å². The molecule has 1 saturated heterocycles. The highest BCUT2D eigenvalue weighted by molar-refractivity contribution is 6.35. The summed E-state index contributed by atoms with van der Waals surface area (Å²) in [4.78, 5) is 42.0. The van der Waals surface area contributed by atoms with Gasteiger partial charge < -0.3 is 24.5 Å². The number of fused-ring (bicyclic) bond motifs is 1. The summed E-state index contributed by atoms with van der Waals surface area (Å²) in [5, 5.41) is 5.32. The van der Waals surface area contributed by atoms with Crippen LogP contribution in [0.3, 0.4) is 0 Å². The van der Waals surface area contributed by atoms with Crippen molar-refractivity contribution in [2.75, 3.05) is 39.2 Å². The molecule has 0 radical (unpaired) electrons. The molecule has 0 saturated carbocycles. The number of hydrogen-bond acceptors (Lipinski definition) is 9. The van der Waals surface area contributed by atoms with Crippen LogP contribution >= 0.6 is 11.6 Å². The highest BCUT2D eigenvalue weighted by Gasteiger charge is 2.24. The Balaban J connectivity index is 1.38. The lowest BCUT2D eigenvalue weighted by molar-refractivity contribution is -0.124. The molecule has 202 valence electrons. The molecule has 2 aromatic carbocycles. The molecule has 1 fully saturated rings. The molecule has 2 aromatic heterocycles. The van der Waals surface area contributed by atoms with Gasteiger partial charge in [0, 0.05) is 49.2 Å². The number of nitrogens with one attached hydrogen (secondary N) is 3. The number of hydrogen-bond donors (Lipinski definition) is 3. The average Bonchev–Trinajstić information content (AvgIpc) is 3.36. The number of imidazole rings is 1. The molecule has 12 nitrogen and oxygen atoms in total. The Bertz CT molecular complexity index is 1540. The van der Waals surface area contributed by atoms with Crippen molar-refractivity contribution >= 4 is 40.6 Å². The molecule has 4 aromatic rings. The highest BCUT2D eigenvalue weighted by atomic mass is 35.5. The van der Waals surface area contributed by atoms with Gasteiger partial charge in [0.1, 0.15) is 16.8 Å². The van der Waals surface area contributed by atoms with E-state index in [1.54, 1.807) is 6.20 Å². The third-order valence-electron chi connectivity index (χ3n) is 5.99. The largest absolute Gasteiger partial charge is 0.495 e. The number of H-pyrrole nitrogens is 1. The van der Waals surface area contributed by atoms with Gasteiger partial charge in [0.25, 0.3) is 0 Å². The zero-order valence-electron chi connectivity index (χ0n) is 20.9. The Morgan fingerprint density at radius 1 is 1.13 bits per heavy atom. The summed E-state index contributed by atoms with van der Waals surface area (Å²) >= 11 is 6.47. The molecule has 3 N–H and O–H groups in total. The molecule has 0 bridgehead atoms. The predicted octanol–water partition coefficient (Wildman–Crippen LogP) is 3.37. The number of aromatic nitrogens is 4. The number of benzene rings is 2. The number of nitrogens with zero attached hydrogens (tertiary/aromatic N) is 4. The van der Waals surface area contributed by atoms with Crippen LogP contribution in [0, 0.1) is 5.82 Å². The van der Waals surface area contributed by atoms with Gasteiger partial charge in [-0.2, -0.15) is 0 Å². The second kappa shape index (κ2) is 11.1.